The molecule has 0 radical (unpaired) electrons. The summed E-state index contributed by atoms with van der Waals surface area (Å²) in [7, 11) is 1.64. The molecular formula is C23H18Cl2N4OS. The van der Waals surface area contributed by atoms with Crippen molar-refractivity contribution in [1.29, 1.82) is 5.26 Å². The number of nitriles is 1. The second kappa shape index (κ2) is 9.61. The minimum atomic E-state index is -0.327. The van der Waals surface area contributed by atoms with Crippen LogP contribution in [0.2, 0.25) is 10.2 Å². The highest BCUT2D eigenvalue weighted by atomic mass is 35.5. The predicted octanol–water partition coefficient (Wildman–Crippen LogP) is 6.24. The molecule has 2 aromatic carbocycles. The van der Waals surface area contributed by atoms with Crippen LogP contribution in [0.15, 0.2) is 59.6 Å². The first-order chi connectivity index (χ1) is 15.1. The third-order valence-corrected chi connectivity index (χ3v) is 6.18. The van der Waals surface area contributed by atoms with Crippen LogP contribution in [0.1, 0.15) is 23.6 Å². The zero-order valence-electron chi connectivity index (χ0n) is 16.6. The maximum atomic E-state index is 8.88. The van der Waals surface area contributed by atoms with Crippen LogP contribution < -0.4 is 10.1 Å². The molecule has 1 unspecified atom stereocenters. The van der Waals surface area contributed by atoms with Gasteiger partial charge >= 0.3 is 0 Å². The lowest BCUT2D eigenvalue weighted by molar-refractivity contribution is 0.415. The van der Waals surface area contributed by atoms with Crippen molar-refractivity contribution < 1.29 is 4.74 Å². The molecule has 0 bridgehead atoms. The third-order valence-electron chi connectivity index (χ3n) is 4.75. The Morgan fingerprint density at radius 1 is 1.16 bits per heavy atom. The quantitative estimate of drug-likeness (QED) is 0.354. The first kappa shape index (κ1) is 21.5. The molecule has 1 aliphatic heterocycles. The number of hydrogen-bond donors (Lipinski definition) is 1. The Balaban J connectivity index is 1.75. The number of rotatable bonds is 5. The van der Waals surface area contributed by atoms with Crippen LogP contribution in [0.3, 0.4) is 0 Å². The molecule has 1 N–H and O–H groups in total. The number of aliphatic imine (C=N–C) groups is 1. The summed E-state index contributed by atoms with van der Waals surface area (Å²) in [6, 6.07) is 17.1. The molecular weight excluding hydrogens is 451 g/mol. The fourth-order valence-corrected chi connectivity index (χ4v) is 4.42. The number of fused-ring (bicyclic) bond motifs is 1. The van der Waals surface area contributed by atoms with Gasteiger partial charge in [0.1, 0.15) is 16.9 Å². The van der Waals surface area contributed by atoms with Gasteiger partial charge in [0.2, 0.25) is 0 Å². The van der Waals surface area contributed by atoms with E-state index in [1.165, 1.54) is 11.8 Å². The second-order valence-corrected chi connectivity index (χ2v) is 8.65. The van der Waals surface area contributed by atoms with Crippen molar-refractivity contribution in [3.63, 3.8) is 0 Å². The Labute approximate surface area is 194 Å². The average molecular weight is 469 g/mol. The molecule has 0 aliphatic carbocycles. The van der Waals surface area contributed by atoms with Gasteiger partial charge in [0.25, 0.3) is 0 Å². The Kier molecular flexibility index (Phi) is 6.67. The number of hydrogen-bond acceptors (Lipinski definition) is 6. The zero-order valence-corrected chi connectivity index (χ0v) is 18.9. The first-order valence-electron chi connectivity index (χ1n) is 9.54. The van der Waals surface area contributed by atoms with Gasteiger partial charge in [0.05, 0.1) is 18.7 Å². The van der Waals surface area contributed by atoms with Crippen LogP contribution in [-0.4, -0.2) is 23.0 Å². The largest absolute Gasteiger partial charge is 0.497 e. The topological polar surface area (TPSA) is 70.3 Å². The standard InChI is InChI=1S/C23H18Cl2N4OS/c1-30-17-6-3-14(4-7-17)20-13-21(29-23(28-20)31-10-2-9-26)18-12-15-11-16(24)5-8-19(15)27-22(18)25/h3-8,11-13,21H,2,10H2,1H3,(H,28,29). The fourth-order valence-electron chi connectivity index (χ4n) is 3.22. The van der Waals surface area contributed by atoms with E-state index in [0.717, 1.165) is 38.6 Å². The summed E-state index contributed by atoms with van der Waals surface area (Å²) in [5.41, 5.74) is 3.47. The lowest BCUT2D eigenvalue weighted by atomic mass is 10.0. The predicted molar refractivity (Wildman–Crippen MR) is 129 cm³/mol. The Morgan fingerprint density at radius 2 is 1.97 bits per heavy atom. The van der Waals surface area contributed by atoms with E-state index in [1.807, 2.05) is 48.5 Å². The van der Waals surface area contributed by atoms with E-state index in [0.29, 0.717) is 22.3 Å². The highest BCUT2D eigenvalue weighted by Gasteiger charge is 2.21. The lowest BCUT2D eigenvalue weighted by Crippen LogP contribution is -2.24. The molecule has 0 spiro atoms. The minimum Gasteiger partial charge on any atom is -0.497 e. The number of ether oxygens (including phenoxy) is 1. The summed E-state index contributed by atoms with van der Waals surface area (Å²) in [5.74, 6) is 1.43. The first-order valence-corrected chi connectivity index (χ1v) is 11.3. The van der Waals surface area contributed by atoms with Crippen molar-refractivity contribution in [2.45, 2.75) is 12.5 Å². The summed E-state index contributed by atoms with van der Waals surface area (Å²) >= 11 is 14.2. The number of thioether (sulfide) groups is 1. The van der Waals surface area contributed by atoms with Gasteiger partial charge in [-0.05, 0) is 60.2 Å². The number of nitrogens with one attached hydrogen (secondary N) is 1. The molecule has 0 amide bonds. The van der Waals surface area contributed by atoms with E-state index >= 15 is 0 Å². The summed E-state index contributed by atoms with van der Waals surface area (Å²) in [6.45, 7) is 0. The van der Waals surface area contributed by atoms with Crippen LogP contribution in [-0.2, 0) is 0 Å². The van der Waals surface area contributed by atoms with Crippen LogP contribution in [0, 0.1) is 11.3 Å². The molecule has 2 heterocycles. The van der Waals surface area contributed by atoms with E-state index in [2.05, 4.69) is 16.4 Å². The summed E-state index contributed by atoms with van der Waals surface area (Å²) in [6.07, 6.45) is 2.46. The molecule has 0 fully saturated rings. The molecule has 4 rings (SSSR count). The molecule has 5 nitrogen and oxygen atoms in total. The van der Waals surface area contributed by atoms with Gasteiger partial charge in [-0.2, -0.15) is 5.26 Å². The Hall–Kier alpha value is -2.72. The highest BCUT2D eigenvalue weighted by Crippen LogP contribution is 2.34. The van der Waals surface area contributed by atoms with E-state index in [9.17, 15) is 0 Å². The number of pyridine rings is 1. The van der Waals surface area contributed by atoms with Crippen LogP contribution in [0.25, 0.3) is 16.6 Å². The van der Waals surface area contributed by atoms with E-state index in [1.54, 1.807) is 13.2 Å². The zero-order chi connectivity index (χ0) is 21.8. The van der Waals surface area contributed by atoms with Gasteiger partial charge in [0.15, 0.2) is 5.17 Å². The van der Waals surface area contributed by atoms with Gasteiger partial charge in [0, 0.05) is 33.8 Å². The SMILES string of the molecule is COc1ccc(C2=CC(c3cc4cc(Cl)ccc4nc3Cl)N=C(SCCC#N)N2)cc1. The Bertz CT molecular complexity index is 1220. The highest BCUT2D eigenvalue weighted by molar-refractivity contribution is 8.13. The number of halogens is 2. The van der Waals surface area contributed by atoms with Crippen LogP contribution >= 0.6 is 35.0 Å². The number of amidine groups is 1. The van der Waals surface area contributed by atoms with E-state index in [4.69, 9.17) is 38.2 Å². The molecule has 8 heteroatoms. The molecule has 0 saturated heterocycles. The smallest absolute Gasteiger partial charge is 0.162 e. The third kappa shape index (κ3) is 4.96. The van der Waals surface area contributed by atoms with Gasteiger partial charge in [-0.25, -0.2) is 9.98 Å². The summed E-state index contributed by atoms with van der Waals surface area (Å²) in [4.78, 5) is 9.36. The molecule has 1 aliphatic rings. The molecule has 3 aromatic rings. The van der Waals surface area contributed by atoms with E-state index in [-0.39, 0.29) is 6.04 Å². The van der Waals surface area contributed by atoms with Gasteiger partial charge < -0.3 is 10.1 Å². The summed E-state index contributed by atoms with van der Waals surface area (Å²) in [5, 5.41) is 14.9. The molecule has 1 atom stereocenters. The van der Waals surface area contributed by atoms with Crippen LogP contribution in [0.4, 0.5) is 0 Å². The van der Waals surface area contributed by atoms with Crippen molar-refractivity contribution in [2.75, 3.05) is 12.9 Å². The number of benzene rings is 2. The van der Waals surface area contributed by atoms with Gasteiger partial charge in [-0.1, -0.05) is 35.0 Å². The fraction of sp³-hybridized carbons (Fsp3) is 0.174. The van der Waals surface area contributed by atoms with Gasteiger partial charge in [-0.15, -0.1) is 0 Å². The monoisotopic (exact) mass is 468 g/mol. The maximum absolute atomic E-state index is 8.88. The van der Waals surface area contributed by atoms with Crippen LogP contribution in [0.5, 0.6) is 5.75 Å². The van der Waals surface area contributed by atoms with Gasteiger partial charge in [-0.3, -0.25) is 0 Å². The number of methoxy groups -OCH3 is 1. The molecule has 1 aromatic heterocycles. The van der Waals surface area contributed by atoms with E-state index < -0.39 is 0 Å². The van der Waals surface area contributed by atoms with Crippen molar-refractivity contribution >= 4 is 56.7 Å². The maximum Gasteiger partial charge on any atom is 0.162 e. The molecule has 31 heavy (non-hydrogen) atoms. The van der Waals surface area contributed by atoms with Crippen molar-refractivity contribution in [3.8, 4) is 11.8 Å². The van der Waals surface area contributed by atoms with Crippen molar-refractivity contribution in [1.82, 2.24) is 10.3 Å². The number of nitrogens with zero attached hydrogens (tertiary/aromatic N) is 3. The molecule has 156 valence electrons. The molecule has 0 saturated carbocycles. The normalized spacial score (nSPS) is 15.6. The minimum absolute atomic E-state index is 0.327. The average Bonchev–Trinajstić information content (AvgIpc) is 2.79. The number of aromatic nitrogens is 1. The lowest BCUT2D eigenvalue weighted by Gasteiger charge is -2.23. The van der Waals surface area contributed by atoms with Crippen molar-refractivity contribution in [2.24, 2.45) is 4.99 Å². The second-order valence-electron chi connectivity index (χ2n) is 6.77. The summed E-state index contributed by atoms with van der Waals surface area (Å²) < 4.78 is 5.26. The van der Waals surface area contributed by atoms with Crippen molar-refractivity contribution in [3.05, 3.63) is 75.9 Å². The Morgan fingerprint density at radius 3 is 2.71 bits per heavy atom.